The first-order valence-corrected chi connectivity index (χ1v) is 8.41. The van der Waals surface area contributed by atoms with Crippen molar-refractivity contribution in [2.45, 2.75) is 25.8 Å². The van der Waals surface area contributed by atoms with Gasteiger partial charge in [0.2, 0.25) is 11.8 Å². The van der Waals surface area contributed by atoms with Gasteiger partial charge in [-0.3, -0.25) is 9.55 Å². The van der Waals surface area contributed by atoms with Crippen molar-refractivity contribution in [1.82, 2.24) is 39.1 Å². The molecule has 11 heteroatoms. The summed E-state index contributed by atoms with van der Waals surface area (Å²) in [5, 5.41) is 14.8. The molecule has 1 aliphatic carbocycles. The van der Waals surface area contributed by atoms with Gasteiger partial charge < -0.3 is 10.1 Å². The van der Waals surface area contributed by atoms with Gasteiger partial charge in [0, 0.05) is 17.6 Å². The van der Waals surface area contributed by atoms with Gasteiger partial charge in [-0.05, 0) is 25.8 Å². The average molecular weight is 365 g/mol. The van der Waals surface area contributed by atoms with Crippen molar-refractivity contribution in [2.24, 2.45) is 4.99 Å². The molecule has 0 radical (unpaired) electrons. The van der Waals surface area contributed by atoms with Gasteiger partial charge in [0.15, 0.2) is 5.65 Å². The number of nitrogens with zero attached hydrogens (tertiary/aromatic N) is 7. The largest absolute Gasteiger partial charge is 0.493 e. The number of imidazole rings is 2. The van der Waals surface area contributed by atoms with Crippen LogP contribution in [0.4, 0.5) is 0 Å². The molecular weight excluding hydrogens is 350 g/mol. The molecule has 1 aliphatic rings. The fourth-order valence-corrected chi connectivity index (χ4v) is 2.77. The molecule has 3 N–H and O–H groups in total. The van der Waals surface area contributed by atoms with E-state index < -0.39 is 5.69 Å². The molecule has 136 valence electrons. The molecule has 0 amide bonds. The quantitative estimate of drug-likeness (QED) is 0.423. The second-order valence-electron chi connectivity index (χ2n) is 6.35. The molecule has 0 unspecified atom stereocenters. The molecule has 4 aromatic heterocycles. The summed E-state index contributed by atoms with van der Waals surface area (Å²) < 4.78 is 3.32. The molecule has 1 saturated carbocycles. The van der Waals surface area contributed by atoms with E-state index in [-0.39, 0.29) is 17.6 Å². The van der Waals surface area contributed by atoms with Crippen LogP contribution in [0.25, 0.3) is 17.7 Å². The van der Waals surface area contributed by atoms with Gasteiger partial charge in [0.05, 0.1) is 12.2 Å². The maximum Gasteiger partial charge on any atom is 0.326 e. The Kier molecular flexibility index (Phi) is 3.23. The summed E-state index contributed by atoms with van der Waals surface area (Å²) in [5.74, 6) is 0.926. The number of fused-ring (bicyclic) bond motifs is 1. The van der Waals surface area contributed by atoms with Crippen molar-refractivity contribution in [1.29, 1.82) is 0 Å². The number of H-pyrrole nitrogens is 2. The molecular formula is C16H15N9O2. The lowest BCUT2D eigenvalue weighted by Gasteiger charge is -2.03. The Balaban J connectivity index is 1.80. The lowest BCUT2D eigenvalue weighted by atomic mass is 10.3. The Morgan fingerprint density at radius 3 is 2.85 bits per heavy atom. The van der Waals surface area contributed by atoms with Crippen LogP contribution in [-0.2, 0) is 0 Å². The number of nitrogens with one attached hydrogen (secondary N) is 2. The number of aromatic hydroxyl groups is 1. The molecule has 4 aromatic rings. The van der Waals surface area contributed by atoms with Gasteiger partial charge in [-0.1, -0.05) is 0 Å². The van der Waals surface area contributed by atoms with Crippen molar-refractivity contribution in [3.05, 3.63) is 51.4 Å². The summed E-state index contributed by atoms with van der Waals surface area (Å²) in [6.45, 7) is 1.86. The second kappa shape index (κ2) is 5.62. The van der Waals surface area contributed by atoms with Crippen LogP contribution < -0.4 is 16.5 Å². The van der Waals surface area contributed by atoms with Crippen LogP contribution in [0, 0.1) is 6.92 Å². The van der Waals surface area contributed by atoms with Crippen molar-refractivity contribution < 1.29 is 5.11 Å². The number of rotatable bonds is 3. The van der Waals surface area contributed by atoms with Crippen molar-refractivity contribution in [3.63, 3.8) is 0 Å². The molecule has 0 aliphatic heterocycles. The van der Waals surface area contributed by atoms with Gasteiger partial charge in [-0.2, -0.15) is 19.6 Å². The van der Waals surface area contributed by atoms with Crippen LogP contribution in [0.1, 0.15) is 24.4 Å². The maximum atomic E-state index is 11.4. The first-order valence-electron chi connectivity index (χ1n) is 8.41. The normalized spacial score (nSPS) is 15.9. The minimum absolute atomic E-state index is 0.245. The van der Waals surface area contributed by atoms with E-state index in [1.165, 1.54) is 0 Å². The van der Waals surface area contributed by atoms with E-state index >= 15 is 0 Å². The highest BCUT2D eigenvalue weighted by atomic mass is 16.3. The highest BCUT2D eigenvalue weighted by Crippen LogP contribution is 2.22. The van der Waals surface area contributed by atoms with Crippen LogP contribution in [0.2, 0.25) is 0 Å². The predicted octanol–water partition coefficient (Wildman–Crippen LogP) is -1.05. The van der Waals surface area contributed by atoms with E-state index in [0.717, 1.165) is 18.7 Å². The predicted molar refractivity (Wildman–Crippen MR) is 93.1 cm³/mol. The zero-order valence-corrected chi connectivity index (χ0v) is 14.3. The second-order valence-corrected chi connectivity index (χ2v) is 6.35. The third-order valence-electron chi connectivity index (χ3n) is 4.29. The lowest BCUT2D eigenvalue weighted by Crippen LogP contribution is -2.25. The summed E-state index contributed by atoms with van der Waals surface area (Å²) in [5.41, 5.74) is 0.713. The number of hydrogen-bond donors (Lipinski definition) is 3. The van der Waals surface area contributed by atoms with E-state index in [1.807, 2.05) is 6.92 Å². The first kappa shape index (κ1) is 15.5. The van der Waals surface area contributed by atoms with Crippen LogP contribution in [0.5, 0.6) is 5.88 Å². The number of aromatic amines is 2. The Labute approximate surface area is 150 Å². The molecule has 5 rings (SSSR count). The lowest BCUT2D eigenvalue weighted by molar-refractivity contribution is 0.454. The van der Waals surface area contributed by atoms with Crippen LogP contribution in [0.3, 0.4) is 0 Å². The first-order chi connectivity index (χ1) is 13.1. The maximum absolute atomic E-state index is 11.4. The molecule has 0 bridgehead atoms. The van der Waals surface area contributed by atoms with Crippen LogP contribution >= 0.6 is 0 Å². The molecule has 1 fully saturated rings. The number of aryl methyl sites for hydroxylation is 1. The van der Waals surface area contributed by atoms with E-state index in [0.29, 0.717) is 22.4 Å². The monoisotopic (exact) mass is 365 g/mol. The van der Waals surface area contributed by atoms with Crippen LogP contribution in [0.15, 0.2) is 28.4 Å². The summed E-state index contributed by atoms with van der Waals surface area (Å²) in [6.07, 6.45) is 8.69. The number of aromatic nitrogens is 8. The Bertz CT molecular complexity index is 1340. The van der Waals surface area contributed by atoms with Gasteiger partial charge in [-0.15, -0.1) is 0 Å². The topological polar surface area (TPSA) is 142 Å². The minimum Gasteiger partial charge on any atom is -0.493 e. The van der Waals surface area contributed by atoms with Gasteiger partial charge in [0.25, 0.3) is 5.62 Å². The summed E-state index contributed by atoms with van der Waals surface area (Å²) in [4.78, 5) is 34.2. The molecule has 11 nitrogen and oxygen atoms in total. The van der Waals surface area contributed by atoms with Crippen molar-refractivity contribution >= 4 is 11.7 Å². The molecule has 4 heterocycles. The van der Waals surface area contributed by atoms with Gasteiger partial charge in [-0.25, -0.2) is 14.8 Å². The average Bonchev–Trinajstić information content (AvgIpc) is 3.04. The minimum atomic E-state index is -0.496. The Morgan fingerprint density at radius 1 is 1.33 bits per heavy atom. The van der Waals surface area contributed by atoms with E-state index in [4.69, 9.17) is 0 Å². The fraction of sp³-hybridized carbons (Fsp3) is 0.250. The molecule has 0 saturated heterocycles. The molecule has 0 spiro atoms. The van der Waals surface area contributed by atoms with Gasteiger partial charge in [0.1, 0.15) is 11.5 Å². The standard InChI is InChI=1S/C16H15N9O2/c1-8-17-4-5-24(8)14-21-12-9(6-11-13(26)22-16(27)20-11)7-18-25(12)15(23-14)19-10-2-3-10/h4-7,10,26H,2-3H2,1H3,(H2,20,22,27). The SMILES string of the molecule is Cc1nccn1-c1nc(=NC2CC2)n2ncc(=Cc3[nH]c(=O)[nH]c3O)c2n1. The third-order valence-corrected chi connectivity index (χ3v) is 4.29. The highest BCUT2D eigenvalue weighted by molar-refractivity contribution is 5.56. The van der Waals surface area contributed by atoms with Crippen LogP contribution in [-0.4, -0.2) is 50.2 Å². The van der Waals surface area contributed by atoms with Crippen molar-refractivity contribution in [3.8, 4) is 11.8 Å². The van der Waals surface area contributed by atoms with E-state index in [2.05, 4.69) is 35.0 Å². The highest BCUT2D eigenvalue weighted by Gasteiger charge is 2.21. The van der Waals surface area contributed by atoms with Gasteiger partial charge >= 0.3 is 5.69 Å². The third kappa shape index (κ3) is 2.69. The summed E-state index contributed by atoms with van der Waals surface area (Å²) in [6, 6.07) is 0.251. The van der Waals surface area contributed by atoms with Crippen molar-refractivity contribution in [2.75, 3.05) is 0 Å². The Hall–Kier alpha value is -3.76. The number of hydrogen-bond acceptors (Lipinski definition) is 7. The van der Waals surface area contributed by atoms with E-state index in [9.17, 15) is 9.90 Å². The zero-order valence-electron chi connectivity index (χ0n) is 14.3. The van der Waals surface area contributed by atoms with E-state index in [1.54, 1.807) is 33.7 Å². The molecule has 0 aromatic carbocycles. The summed E-state index contributed by atoms with van der Waals surface area (Å²) in [7, 11) is 0. The smallest absolute Gasteiger partial charge is 0.326 e. The Morgan fingerprint density at radius 2 is 2.19 bits per heavy atom. The fourth-order valence-electron chi connectivity index (χ4n) is 2.77. The zero-order chi connectivity index (χ0) is 18.5. The molecule has 27 heavy (non-hydrogen) atoms. The summed E-state index contributed by atoms with van der Waals surface area (Å²) >= 11 is 0. The molecule has 0 atom stereocenters.